The molecule has 0 aromatic carbocycles. The second kappa shape index (κ2) is 6.13. The number of unbranched alkanes of at least 4 members (excludes halogenated alkanes) is 1. The second-order valence-corrected chi connectivity index (χ2v) is 5.38. The molecule has 0 spiro atoms. The van der Waals surface area contributed by atoms with Crippen LogP contribution in [0.3, 0.4) is 0 Å². The summed E-state index contributed by atoms with van der Waals surface area (Å²) in [4.78, 5) is 22.3. The summed E-state index contributed by atoms with van der Waals surface area (Å²) >= 11 is 1.75. The molecule has 0 heterocycles. The molecule has 1 amide bonds. The molecule has 0 aromatic rings. The number of rotatable bonds is 8. The molecule has 2 N–H and O–H groups in total. The van der Waals surface area contributed by atoms with Crippen molar-refractivity contribution in [2.24, 2.45) is 0 Å². The first kappa shape index (κ1) is 13.4. The zero-order valence-electron chi connectivity index (χ0n) is 9.62. The number of hydrogen-bond donors (Lipinski definition) is 2. The van der Waals surface area contributed by atoms with Crippen molar-refractivity contribution < 1.29 is 14.7 Å². The molecule has 1 fully saturated rings. The fraction of sp³-hybridized carbons (Fsp3) is 0.818. The Hall–Kier alpha value is -0.710. The van der Waals surface area contributed by atoms with Crippen molar-refractivity contribution in [3.8, 4) is 0 Å². The number of thioether (sulfide) groups is 1. The van der Waals surface area contributed by atoms with Crippen LogP contribution in [0.5, 0.6) is 0 Å². The average molecular weight is 245 g/mol. The van der Waals surface area contributed by atoms with Crippen LogP contribution >= 0.6 is 11.8 Å². The van der Waals surface area contributed by atoms with Gasteiger partial charge in [0.1, 0.15) is 5.54 Å². The molecule has 0 radical (unpaired) electrons. The van der Waals surface area contributed by atoms with Crippen LogP contribution in [-0.2, 0) is 9.59 Å². The van der Waals surface area contributed by atoms with Gasteiger partial charge in [0, 0.05) is 12.2 Å². The summed E-state index contributed by atoms with van der Waals surface area (Å²) in [6, 6.07) is 0. The van der Waals surface area contributed by atoms with Gasteiger partial charge in [-0.1, -0.05) is 13.3 Å². The van der Waals surface area contributed by atoms with Crippen molar-refractivity contribution >= 4 is 23.6 Å². The lowest BCUT2D eigenvalue weighted by atomic mass is 10.2. The first-order valence-corrected chi connectivity index (χ1v) is 6.88. The van der Waals surface area contributed by atoms with Crippen LogP contribution in [0.25, 0.3) is 0 Å². The number of carbonyl (C=O) groups is 2. The molecule has 16 heavy (non-hydrogen) atoms. The van der Waals surface area contributed by atoms with Gasteiger partial charge in [0.25, 0.3) is 0 Å². The van der Waals surface area contributed by atoms with Crippen molar-refractivity contribution in [3.63, 3.8) is 0 Å². The third-order valence-corrected chi connectivity index (χ3v) is 3.72. The van der Waals surface area contributed by atoms with Crippen molar-refractivity contribution in [1.82, 2.24) is 5.32 Å². The molecule has 4 nitrogen and oxygen atoms in total. The molecular weight excluding hydrogens is 226 g/mol. The van der Waals surface area contributed by atoms with E-state index >= 15 is 0 Å². The van der Waals surface area contributed by atoms with Crippen molar-refractivity contribution in [2.75, 3.05) is 11.5 Å². The summed E-state index contributed by atoms with van der Waals surface area (Å²) in [6.07, 6.45) is 3.89. The Kier molecular flexibility index (Phi) is 5.12. The Bertz CT molecular complexity index is 264. The standard InChI is InChI=1S/C11H19NO3S/c1-2-3-7-16-8-4-9(13)12-11(5-6-11)10(14)15/h2-8H2,1H3,(H,12,13)(H,14,15). The number of carbonyl (C=O) groups excluding carboxylic acids is 1. The maximum absolute atomic E-state index is 11.4. The predicted molar refractivity (Wildman–Crippen MR) is 64.6 cm³/mol. The number of carboxylic acids is 1. The van der Waals surface area contributed by atoms with Crippen LogP contribution < -0.4 is 5.32 Å². The maximum Gasteiger partial charge on any atom is 0.329 e. The topological polar surface area (TPSA) is 66.4 Å². The van der Waals surface area contributed by atoms with Crippen molar-refractivity contribution in [2.45, 2.75) is 44.6 Å². The molecule has 0 saturated heterocycles. The van der Waals surface area contributed by atoms with Crippen molar-refractivity contribution in [1.29, 1.82) is 0 Å². The molecule has 0 aliphatic heterocycles. The van der Waals surface area contributed by atoms with E-state index in [1.165, 1.54) is 12.8 Å². The highest BCUT2D eigenvalue weighted by Crippen LogP contribution is 2.35. The quantitative estimate of drug-likeness (QED) is 0.638. The maximum atomic E-state index is 11.4. The zero-order chi connectivity index (χ0) is 12.0. The van der Waals surface area contributed by atoms with E-state index in [0.717, 1.165) is 11.5 Å². The monoisotopic (exact) mass is 245 g/mol. The van der Waals surface area contributed by atoms with E-state index < -0.39 is 11.5 Å². The fourth-order valence-electron chi connectivity index (χ4n) is 1.36. The molecule has 1 rings (SSSR count). The highest BCUT2D eigenvalue weighted by Gasteiger charge is 2.51. The minimum atomic E-state index is -0.925. The van der Waals surface area contributed by atoms with Crippen LogP contribution in [0.4, 0.5) is 0 Å². The first-order valence-electron chi connectivity index (χ1n) is 5.73. The minimum Gasteiger partial charge on any atom is -0.480 e. The van der Waals surface area contributed by atoms with E-state index in [0.29, 0.717) is 19.3 Å². The second-order valence-electron chi connectivity index (χ2n) is 4.15. The molecule has 1 saturated carbocycles. The van der Waals surface area contributed by atoms with Gasteiger partial charge in [0.05, 0.1) is 0 Å². The SMILES string of the molecule is CCCCSCCC(=O)NC1(C(=O)O)CC1. The Balaban J connectivity index is 2.10. The van der Waals surface area contributed by atoms with E-state index in [2.05, 4.69) is 12.2 Å². The highest BCUT2D eigenvalue weighted by atomic mass is 32.2. The summed E-state index contributed by atoms with van der Waals surface area (Å²) in [5, 5.41) is 11.5. The van der Waals surface area contributed by atoms with E-state index in [4.69, 9.17) is 5.11 Å². The number of amides is 1. The minimum absolute atomic E-state index is 0.135. The summed E-state index contributed by atoms with van der Waals surface area (Å²) < 4.78 is 0. The highest BCUT2D eigenvalue weighted by molar-refractivity contribution is 7.99. The van der Waals surface area contributed by atoms with E-state index in [-0.39, 0.29) is 5.91 Å². The molecular formula is C11H19NO3S. The van der Waals surface area contributed by atoms with Gasteiger partial charge in [0.2, 0.25) is 5.91 Å². The fourth-order valence-corrected chi connectivity index (χ4v) is 2.39. The molecule has 1 aliphatic rings. The van der Waals surface area contributed by atoms with Crippen LogP contribution in [0.2, 0.25) is 0 Å². The van der Waals surface area contributed by atoms with Crippen LogP contribution in [-0.4, -0.2) is 34.0 Å². The van der Waals surface area contributed by atoms with Gasteiger partial charge in [0.15, 0.2) is 0 Å². The molecule has 92 valence electrons. The summed E-state index contributed by atoms with van der Waals surface area (Å²) in [6.45, 7) is 2.14. The Morgan fingerprint density at radius 3 is 2.56 bits per heavy atom. The lowest BCUT2D eigenvalue weighted by molar-refractivity contribution is -0.143. The molecule has 0 unspecified atom stereocenters. The number of carboxylic acid groups (broad SMARTS) is 1. The summed E-state index contributed by atoms with van der Waals surface area (Å²) in [5.74, 6) is 0.818. The van der Waals surface area contributed by atoms with Crippen LogP contribution in [0, 0.1) is 0 Å². The van der Waals surface area contributed by atoms with E-state index in [9.17, 15) is 9.59 Å². The van der Waals surface area contributed by atoms with Gasteiger partial charge in [-0.15, -0.1) is 0 Å². The summed E-state index contributed by atoms with van der Waals surface area (Å²) in [5.41, 5.74) is -0.925. The Morgan fingerprint density at radius 2 is 2.06 bits per heavy atom. The van der Waals surface area contributed by atoms with Gasteiger partial charge >= 0.3 is 5.97 Å². The molecule has 5 heteroatoms. The molecule has 1 aliphatic carbocycles. The summed E-state index contributed by atoms with van der Waals surface area (Å²) in [7, 11) is 0. The Morgan fingerprint density at radius 1 is 1.38 bits per heavy atom. The first-order chi connectivity index (χ1) is 7.60. The molecule has 0 atom stereocenters. The zero-order valence-corrected chi connectivity index (χ0v) is 10.4. The average Bonchev–Trinajstić information content (AvgIpc) is 2.98. The van der Waals surface area contributed by atoms with Crippen LogP contribution in [0.1, 0.15) is 39.0 Å². The van der Waals surface area contributed by atoms with Crippen LogP contribution in [0.15, 0.2) is 0 Å². The third kappa shape index (κ3) is 4.04. The molecule has 0 bridgehead atoms. The van der Waals surface area contributed by atoms with E-state index in [1.54, 1.807) is 11.8 Å². The third-order valence-electron chi connectivity index (χ3n) is 2.65. The molecule has 0 aromatic heterocycles. The van der Waals surface area contributed by atoms with E-state index in [1.807, 2.05) is 0 Å². The largest absolute Gasteiger partial charge is 0.480 e. The lowest BCUT2D eigenvalue weighted by Crippen LogP contribution is -2.43. The lowest BCUT2D eigenvalue weighted by Gasteiger charge is -2.11. The normalized spacial score (nSPS) is 16.8. The van der Waals surface area contributed by atoms with Gasteiger partial charge < -0.3 is 10.4 Å². The Labute approximate surface area is 100 Å². The van der Waals surface area contributed by atoms with Gasteiger partial charge in [-0.2, -0.15) is 11.8 Å². The predicted octanol–water partition coefficient (Wildman–Crippen LogP) is 1.64. The smallest absolute Gasteiger partial charge is 0.329 e. The number of hydrogen-bond acceptors (Lipinski definition) is 3. The van der Waals surface area contributed by atoms with Gasteiger partial charge in [-0.25, -0.2) is 4.79 Å². The number of nitrogens with one attached hydrogen (secondary N) is 1. The van der Waals surface area contributed by atoms with Gasteiger partial charge in [-0.05, 0) is 25.0 Å². The number of aliphatic carboxylic acids is 1. The van der Waals surface area contributed by atoms with Crippen molar-refractivity contribution in [3.05, 3.63) is 0 Å². The van der Waals surface area contributed by atoms with Gasteiger partial charge in [-0.3, -0.25) is 4.79 Å².